The van der Waals surface area contributed by atoms with Gasteiger partial charge < -0.3 is 10.4 Å². The third kappa shape index (κ3) is 6.79. The number of hydrogen-bond acceptors (Lipinski definition) is 3. The normalized spacial score (nSPS) is 11.0. The van der Waals surface area contributed by atoms with Gasteiger partial charge in [0.25, 0.3) is 0 Å². The summed E-state index contributed by atoms with van der Waals surface area (Å²) in [4.78, 5) is 12.4. The number of nitrogens with one attached hydrogen (secondary N) is 1. The zero-order valence-electron chi connectivity index (χ0n) is 10.2. The number of aliphatic hydroxyl groups is 1. The summed E-state index contributed by atoms with van der Waals surface area (Å²) in [5.74, 6) is -0.0818. The average Bonchev–Trinajstić information content (AvgIpc) is 2.77. The van der Waals surface area contributed by atoms with E-state index in [1.54, 1.807) is 6.08 Å². The summed E-state index contributed by atoms with van der Waals surface area (Å²) < 4.78 is 0.721. The van der Waals surface area contributed by atoms with Gasteiger partial charge in [-0.2, -0.15) is 0 Å². The largest absolute Gasteiger partial charge is 0.396 e. The molecule has 0 radical (unpaired) electrons. The van der Waals surface area contributed by atoms with Crippen molar-refractivity contribution in [3.8, 4) is 0 Å². The lowest BCUT2D eigenvalue weighted by molar-refractivity contribution is -0.116. The van der Waals surface area contributed by atoms with Gasteiger partial charge in [-0.05, 0) is 31.1 Å². The smallest absolute Gasteiger partial charge is 0.244 e. The van der Waals surface area contributed by atoms with Crippen LogP contribution in [0.4, 0.5) is 0 Å². The Morgan fingerprint density at radius 1 is 1.33 bits per heavy atom. The number of carbonyl (C=O) groups excluding carboxylic acids is 1. The molecular formula is C13H18ClNO2S. The maximum absolute atomic E-state index is 11.4. The van der Waals surface area contributed by atoms with Crippen LogP contribution in [0.3, 0.4) is 0 Å². The SMILES string of the molecule is O=C(/C=C/c1ccc(Cl)s1)NCCCCCCO. The molecule has 1 amide bonds. The highest BCUT2D eigenvalue weighted by Gasteiger charge is 1.97. The molecule has 0 aromatic carbocycles. The summed E-state index contributed by atoms with van der Waals surface area (Å²) in [7, 11) is 0. The Hall–Kier alpha value is -0.840. The zero-order valence-corrected chi connectivity index (χ0v) is 11.8. The molecule has 0 fully saturated rings. The summed E-state index contributed by atoms with van der Waals surface area (Å²) in [5, 5.41) is 11.4. The van der Waals surface area contributed by atoms with Crippen molar-refractivity contribution in [1.29, 1.82) is 0 Å². The van der Waals surface area contributed by atoms with Crippen molar-refractivity contribution in [1.82, 2.24) is 5.32 Å². The quantitative estimate of drug-likeness (QED) is 0.570. The lowest BCUT2D eigenvalue weighted by Gasteiger charge is -2.01. The summed E-state index contributed by atoms with van der Waals surface area (Å²) >= 11 is 7.23. The molecule has 0 saturated heterocycles. The summed E-state index contributed by atoms with van der Waals surface area (Å²) in [5.41, 5.74) is 0. The maximum atomic E-state index is 11.4. The van der Waals surface area contributed by atoms with Gasteiger partial charge in [0.2, 0.25) is 5.91 Å². The first-order chi connectivity index (χ1) is 8.72. The van der Waals surface area contributed by atoms with E-state index in [0.29, 0.717) is 6.54 Å². The standard InChI is InChI=1S/C13H18ClNO2S/c14-12-7-5-11(18-12)6-8-13(17)15-9-3-1-2-4-10-16/h5-8,16H,1-4,9-10H2,(H,15,17)/b8-6+. The number of rotatable bonds is 8. The fourth-order valence-electron chi connectivity index (χ4n) is 1.44. The highest BCUT2D eigenvalue weighted by Crippen LogP contribution is 2.22. The Morgan fingerprint density at radius 3 is 2.78 bits per heavy atom. The fraction of sp³-hybridized carbons (Fsp3) is 0.462. The van der Waals surface area contributed by atoms with E-state index in [1.807, 2.05) is 12.1 Å². The highest BCUT2D eigenvalue weighted by atomic mass is 35.5. The van der Waals surface area contributed by atoms with E-state index in [4.69, 9.17) is 16.7 Å². The minimum Gasteiger partial charge on any atom is -0.396 e. The molecule has 1 aromatic heterocycles. The van der Waals surface area contributed by atoms with Gasteiger partial charge in [0.15, 0.2) is 0 Å². The van der Waals surface area contributed by atoms with E-state index >= 15 is 0 Å². The van der Waals surface area contributed by atoms with Crippen molar-refractivity contribution in [3.05, 3.63) is 27.4 Å². The van der Waals surface area contributed by atoms with Crippen molar-refractivity contribution in [2.75, 3.05) is 13.2 Å². The molecule has 0 unspecified atom stereocenters. The monoisotopic (exact) mass is 287 g/mol. The maximum Gasteiger partial charge on any atom is 0.244 e. The molecule has 2 N–H and O–H groups in total. The van der Waals surface area contributed by atoms with Gasteiger partial charge in [0.05, 0.1) is 4.34 Å². The second-order valence-corrected chi connectivity index (χ2v) is 5.65. The third-order valence-electron chi connectivity index (χ3n) is 2.38. The molecule has 3 nitrogen and oxygen atoms in total. The number of halogens is 1. The average molecular weight is 288 g/mol. The number of thiophene rings is 1. The fourth-order valence-corrected chi connectivity index (χ4v) is 2.40. The number of aliphatic hydroxyl groups excluding tert-OH is 1. The van der Waals surface area contributed by atoms with Crippen molar-refractivity contribution in [3.63, 3.8) is 0 Å². The van der Waals surface area contributed by atoms with Crippen LogP contribution in [0, 0.1) is 0 Å². The van der Waals surface area contributed by atoms with Crippen LogP contribution >= 0.6 is 22.9 Å². The predicted molar refractivity (Wildman–Crippen MR) is 76.9 cm³/mol. The van der Waals surface area contributed by atoms with Gasteiger partial charge in [-0.15, -0.1) is 11.3 Å². The molecule has 18 heavy (non-hydrogen) atoms. The lowest BCUT2D eigenvalue weighted by atomic mass is 10.2. The molecule has 0 aliphatic heterocycles. The van der Waals surface area contributed by atoms with Gasteiger partial charge in [-0.1, -0.05) is 24.4 Å². The van der Waals surface area contributed by atoms with Crippen LogP contribution in [0.15, 0.2) is 18.2 Å². The zero-order chi connectivity index (χ0) is 13.2. The Labute approximate surface area is 116 Å². The van der Waals surface area contributed by atoms with Crippen LogP contribution in [0.2, 0.25) is 4.34 Å². The number of unbranched alkanes of at least 4 members (excludes halogenated alkanes) is 3. The Morgan fingerprint density at radius 2 is 2.11 bits per heavy atom. The third-order valence-corrected chi connectivity index (χ3v) is 3.57. The van der Waals surface area contributed by atoms with Crippen LogP contribution in [0.25, 0.3) is 6.08 Å². The molecule has 1 heterocycles. The Kier molecular flexibility index (Phi) is 7.73. The molecular weight excluding hydrogens is 270 g/mol. The Balaban J connectivity index is 2.12. The molecule has 0 atom stereocenters. The Bertz CT molecular complexity index is 390. The van der Waals surface area contributed by atoms with Gasteiger partial charge in [0.1, 0.15) is 0 Å². The van der Waals surface area contributed by atoms with E-state index < -0.39 is 0 Å². The predicted octanol–water partition coefficient (Wildman–Crippen LogP) is 3.08. The second kappa shape index (κ2) is 9.14. The van der Waals surface area contributed by atoms with Crippen molar-refractivity contribution < 1.29 is 9.90 Å². The van der Waals surface area contributed by atoms with Gasteiger partial charge >= 0.3 is 0 Å². The highest BCUT2D eigenvalue weighted by molar-refractivity contribution is 7.17. The van der Waals surface area contributed by atoms with Crippen LogP contribution < -0.4 is 5.32 Å². The second-order valence-electron chi connectivity index (χ2n) is 3.90. The van der Waals surface area contributed by atoms with E-state index in [0.717, 1.165) is 34.9 Å². The molecule has 100 valence electrons. The van der Waals surface area contributed by atoms with Crippen LogP contribution in [-0.4, -0.2) is 24.2 Å². The van der Waals surface area contributed by atoms with Crippen LogP contribution in [-0.2, 0) is 4.79 Å². The van der Waals surface area contributed by atoms with Crippen molar-refractivity contribution >= 4 is 34.9 Å². The van der Waals surface area contributed by atoms with Crippen molar-refractivity contribution in [2.24, 2.45) is 0 Å². The summed E-state index contributed by atoms with van der Waals surface area (Å²) in [6, 6.07) is 3.69. The minimum absolute atomic E-state index is 0.0818. The van der Waals surface area contributed by atoms with Crippen LogP contribution in [0.1, 0.15) is 30.6 Å². The molecule has 0 bridgehead atoms. The van der Waals surface area contributed by atoms with Crippen LogP contribution in [0.5, 0.6) is 0 Å². The van der Waals surface area contributed by atoms with E-state index in [9.17, 15) is 4.79 Å². The molecule has 1 rings (SSSR count). The van der Waals surface area contributed by atoms with Gasteiger partial charge in [-0.3, -0.25) is 4.79 Å². The first-order valence-electron chi connectivity index (χ1n) is 6.04. The minimum atomic E-state index is -0.0818. The number of hydrogen-bond donors (Lipinski definition) is 2. The van der Waals surface area contributed by atoms with Crippen molar-refractivity contribution in [2.45, 2.75) is 25.7 Å². The molecule has 5 heteroatoms. The molecule has 0 aliphatic rings. The van der Waals surface area contributed by atoms with Gasteiger partial charge in [-0.25, -0.2) is 0 Å². The molecule has 1 aromatic rings. The molecule has 0 saturated carbocycles. The molecule has 0 spiro atoms. The first kappa shape index (κ1) is 15.2. The van der Waals surface area contributed by atoms with E-state index in [-0.39, 0.29) is 12.5 Å². The summed E-state index contributed by atoms with van der Waals surface area (Å²) in [6.07, 6.45) is 7.12. The number of amides is 1. The molecule has 0 aliphatic carbocycles. The lowest BCUT2D eigenvalue weighted by Crippen LogP contribution is -2.21. The topological polar surface area (TPSA) is 49.3 Å². The van der Waals surface area contributed by atoms with E-state index in [2.05, 4.69) is 5.32 Å². The first-order valence-corrected chi connectivity index (χ1v) is 7.24. The summed E-state index contributed by atoms with van der Waals surface area (Å²) in [6.45, 7) is 0.929. The van der Waals surface area contributed by atoms with Gasteiger partial charge in [0, 0.05) is 24.1 Å². The van der Waals surface area contributed by atoms with E-state index in [1.165, 1.54) is 17.4 Å². The number of carbonyl (C=O) groups is 1.